The van der Waals surface area contributed by atoms with Crippen molar-refractivity contribution >= 4 is 18.3 Å². The molecule has 0 bridgehead atoms. The molecule has 7 nitrogen and oxygen atoms in total. The standard InChI is InChI=1S/C14H16F5NO2.C3H4NO3.Fm/c1-14(2,3)22-8(21)6-20(4)5-7-9(15)11(17)13(19)12(18)10(7)16;5-2-4-1-3(6)7;/h5-6H2,1-4H3;1H2,(H,4,5)(H,6,7);/q;-1;. The maximum absolute atomic E-state index is 13.5. The minimum absolute atomic E-state index is 0. The number of hydrogen-bond acceptors (Lipinski definition) is 5. The number of hydrogen-bond donors (Lipinski definition) is 2. The van der Waals surface area contributed by atoms with Crippen LogP contribution >= 0.6 is 0 Å². The van der Waals surface area contributed by atoms with Gasteiger partial charge in [-0.3, -0.25) is 14.5 Å². The Morgan fingerprint density at radius 3 is 1.80 bits per heavy atom. The number of benzene rings is 1. The Kier molecular flexibility index (Phi) is 11.3. The smallest absolute Gasteiger partial charge is 0.320 e. The molecule has 0 aliphatic rings. The normalized spacial score (nSPS) is 10.5. The monoisotopic (exact) mass is 684 g/mol. The van der Waals surface area contributed by atoms with E-state index in [1.807, 2.05) is 5.32 Å². The molecule has 0 spiro atoms. The summed E-state index contributed by atoms with van der Waals surface area (Å²) in [4.78, 5) is 31.4. The van der Waals surface area contributed by atoms with Crippen LogP contribution in [0.2, 0.25) is 0 Å². The summed E-state index contributed by atoms with van der Waals surface area (Å²) in [6.07, 6.45) is 1.22. The average molecular weight is 684 g/mol. The van der Waals surface area contributed by atoms with E-state index in [2.05, 4.69) is 0 Å². The summed E-state index contributed by atoms with van der Waals surface area (Å²) in [7, 11) is 1.29. The number of nitrogens with zero attached hydrogens (tertiary/aromatic N) is 1. The number of carboxylic acids is 1. The quantitative estimate of drug-likeness (QED) is 0.114. The van der Waals surface area contributed by atoms with Gasteiger partial charge in [-0.05, 0) is 27.8 Å². The molecular weight excluding hydrogens is 664 g/mol. The van der Waals surface area contributed by atoms with Gasteiger partial charge in [-0.2, -0.15) is 6.41 Å². The largest absolute Gasteiger partial charge is 0.521 e. The van der Waals surface area contributed by atoms with Crippen LogP contribution in [0.25, 0.3) is 0 Å². The summed E-state index contributed by atoms with van der Waals surface area (Å²) < 4.78 is 71.1. The molecule has 1 aromatic rings. The first kappa shape index (κ1) is 28.4. The van der Waals surface area contributed by atoms with Gasteiger partial charge in [-0.1, -0.05) is 0 Å². The number of rotatable bonds is 7. The minimum Gasteiger partial charge on any atom is -0.521 e. The number of likely N-dealkylation sites (N-methyl/N-ethyl adjacent to an activating group) is 1. The fourth-order valence-corrected chi connectivity index (χ4v) is 1.82. The second-order valence-electron chi connectivity index (χ2n) is 6.66. The number of carboxylic acid groups (broad SMARTS) is 1. The number of carbonyl (C=O) groups excluding carboxylic acids is 2. The van der Waals surface area contributed by atoms with Gasteiger partial charge in [-0.25, -0.2) is 22.0 Å². The van der Waals surface area contributed by atoms with E-state index >= 15 is 0 Å². The van der Waals surface area contributed by atoms with Crippen molar-refractivity contribution in [1.29, 1.82) is 0 Å². The van der Waals surface area contributed by atoms with E-state index in [9.17, 15) is 36.3 Å². The number of ether oxygens (including phenoxy) is 1. The van der Waals surface area contributed by atoms with E-state index in [4.69, 9.17) is 9.84 Å². The Bertz CT molecular complexity index is 730. The molecule has 0 fully saturated rings. The van der Waals surface area contributed by atoms with E-state index in [0.29, 0.717) is 0 Å². The number of nitrogens with one attached hydrogen (secondary N) is 1. The second-order valence-corrected chi connectivity index (χ2v) is 6.66. The predicted octanol–water partition coefficient (Wildman–Crippen LogP) is 1.88. The van der Waals surface area contributed by atoms with Crippen molar-refractivity contribution in [3.05, 3.63) is 34.6 Å². The molecule has 0 saturated carbocycles. The molecule has 0 aliphatic carbocycles. The van der Waals surface area contributed by atoms with Crippen molar-refractivity contribution in [2.45, 2.75) is 32.9 Å². The predicted molar refractivity (Wildman–Crippen MR) is 89.7 cm³/mol. The SMILES string of the molecule is CN(CC(=O)OC(C)(C)C)Cc1c(F)c(F)c(F)c(F)c1F.O=[C-]NCC(=O)O.[Fm]. The molecule has 13 heteroatoms. The van der Waals surface area contributed by atoms with Crippen LogP contribution in [0, 0.1) is 29.1 Å². The van der Waals surface area contributed by atoms with Gasteiger partial charge in [-0.15, -0.1) is 0 Å². The van der Waals surface area contributed by atoms with Gasteiger partial charge in [0.25, 0.3) is 0 Å². The number of halogens is 5. The Hall–Kier alpha value is -3.76. The van der Waals surface area contributed by atoms with Gasteiger partial charge in [0.05, 0.1) is 13.1 Å². The van der Waals surface area contributed by atoms with E-state index in [0.717, 1.165) is 4.90 Å². The van der Waals surface area contributed by atoms with E-state index < -0.39 is 58.7 Å². The van der Waals surface area contributed by atoms with Crippen molar-refractivity contribution in [3.8, 4) is 0 Å². The Morgan fingerprint density at radius 2 is 1.47 bits per heavy atom. The minimum atomic E-state index is -2.21. The van der Waals surface area contributed by atoms with Crippen LogP contribution < -0.4 is 5.32 Å². The van der Waals surface area contributed by atoms with Gasteiger partial charge < -0.3 is 20.0 Å². The summed E-state index contributed by atoms with van der Waals surface area (Å²) in [5.74, 6) is -11.8. The summed E-state index contributed by atoms with van der Waals surface area (Å²) in [6.45, 7) is 3.55. The third-order valence-electron chi connectivity index (χ3n) is 2.86. The Balaban J connectivity index is 0. The molecule has 0 saturated heterocycles. The average Bonchev–Trinajstić information content (AvgIpc) is 2.59. The number of carbonyl (C=O) groups is 2. The van der Waals surface area contributed by atoms with Crippen LogP contribution in [0.15, 0.2) is 0 Å². The van der Waals surface area contributed by atoms with Crippen molar-refractivity contribution in [3.63, 3.8) is 0 Å². The van der Waals surface area contributed by atoms with Crippen LogP contribution in [-0.2, 0) is 25.7 Å². The second kappa shape index (κ2) is 11.9. The van der Waals surface area contributed by atoms with E-state index in [-0.39, 0.29) is 13.1 Å². The molecule has 1 aromatic carbocycles. The number of esters is 1. The maximum Gasteiger partial charge on any atom is 0.320 e. The third kappa shape index (κ3) is 9.44. The zero-order chi connectivity index (χ0) is 22.9. The van der Waals surface area contributed by atoms with Crippen LogP contribution in [-0.4, -0.2) is 54.1 Å². The number of amides is 1. The molecule has 0 atom stereocenters. The van der Waals surface area contributed by atoms with E-state index in [1.54, 1.807) is 20.8 Å². The molecule has 0 aliphatic heterocycles. The van der Waals surface area contributed by atoms with Crippen molar-refractivity contribution < 1.29 is 46.2 Å². The third-order valence-corrected chi connectivity index (χ3v) is 2.86. The van der Waals surface area contributed by atoms with Crippen LogP contribution in [0.5, 0.6) is 0 Å². The van der Waals surface area contributed by atoms with Gasteiger partial charge in [0.1, 0.15) is 5.60 Å². The van der Waals surface area contributed by atoms with Crippen molar-refractivity contribution in [1.82, 2.24) is 10.2 Å². The fraction of sp³-hybridized carbons (Fsp3) is 0.471. The van der Waals surface area contributed by atoms with E-state index in [1.165, 1.54) is 13.5 Å². The zero-order valence-corrected chi connectivity index (χ0v) is 18.7. The fourth-order valence-electron chi connectivity index (χ4n) is 1.82. The first-order valence-corrected chi connectivity index (χ1v) is 7.93. The Labute approximate surface area is 163 Å². The van der Waals surface area contributed by atoms with Gasteiger partial charge in [0, 0.05) is 12.1 Å². The molecule has 176 valence electrons. The summed E-state index contributed by atoms with van der Waals surface area (Å²) >= 11 is 0. The molecule has 0 heterocycles. The first-order valence-electron chi connectivity index (χ1n) is 7.93. The maximum atomic E-state index is 13.5. The summed E-state index contributed by atoms with van der Waals surface area (Å²) in [5, 5.41) is 9.65. The zero-order valence-electron chi connectivity index (χ0n) is 16.3. The summed E-state index contributed by atoms with van der Waals surface area (Å²) in [6, 6.07) is 0. The van der Waals surface area contributed by atoms with Gasteiger partial charge in [0.2, 0.25) is 5.82 Å². The number of aliphatic carboxylic acids is 1. The van der Waals surface area contributed by atoms with Gasteiger partial charge >= 0.3 is 11.9 Å². The van der Waals surface area contributed by atoms with Crippen molar-refractivity contribution in [2.24, 2.45) is 0 Å². The summed E-state index contributed by atoms with van der Waals surface area (Å²) in [5.41, 5.74) is -1.75. The molecule has 0 aromatic heterocycles. The molecule has 1 rings (SSSR count). The Morgan fingerprint density at radius 1 is 1.03 bits per heavy atom. The van der Waals surface area contributed by atoms with Gasteiger partial charge in [0.15, 0.2) is 23.3 Å². The topological polar surface area (TPSA) is 95.9 Å². The molecule has 2 N–H and O–H groups in total. The van der Waals surface area contributed by atoms with Crippen LogP contribution in [0.4, 0.5) is 22.0 Å². The first-order chi connectivity index (χ1) is 13.2. The molecule has 30 heavy (non-hydrogen) atoms. The van der Waals surface area contributed by atoms with Crippen LogP contribution in [0.1, 0.15) is 26.3 Å². The molecular formula is C17H20F5FmN2O5-. The van der Waals surface area contributed by atoms with Crippen LogP contribution in [0.3, 0.4) is 0 Å². The molecule has 0 radical (unpaired) electrons. The molecule has 1 amide bonds. The van der Waals surface area contributed by atoms with Crippen molar-refractivity contribution in [2.75, 3.05) is 20.1 Å². The molecule has 0 unspecified atom stereocenters.